The number of pyridine rings is 2. The number of hydrazine groups is 1. The van der Waals surface area contributed by atoms with Crippen LogP contribution in [0.1, 0.15) is 30.7 Å². The molecule has 2 heterocycles. The first-order valence-corrected chi connectivity index (χ1v) is 11.8. The zero-order chi connectivity index (χ0) is 27.5. The minimum atomic E-state index is -3.72. The molecule has 8 nitrogen and oxygen atoms in total. The van der Waals surface area contributed by atoms with E-state index in [0.717, 1.165) is 30.3 Å². The summed E-state index contributed by atoms with van der Waals surface area (Å²) in [6.45, 7) is 2.53. The summed E-state index contributed by atoms with van der Waals surface area (Å²) in [7, 11) is 1.11. The summed E-state index contributed by atoms with van der Waals surface area (Å²) in [6.07, 6.45) is 2.79. The van der Waals surface area contributed by atoms with Gasteiger partial charge in [-0.1, -0.05) is 11.9 Å². The van der Waals surface area contributed by atoms with Crippen molar-refractivity contribution in [2.45, 2.75) is 25.5 Å². The third-order valence-electron chi connectivity index (χ3n) is 5.26. The van der Waals surface area contributed by atoms with Gasteiger partial charge in [-0.15, -0.1) is 0 Å². The molecule has 0 bridgehead atoms. The van der Waals surface area contributed by atoms with Crippen LogP contribution in [-0.2, 0) is 11.6 Å². The van der Waals surface area contributed by atoms with Crippen LogP contribution >= 0.6 is 11.9 Å². The van der Waals surface area contributed by atoms with Crippen molar-refractivity contribution in [2.75, 3.05) is 18.7 Å². The molecule has 2 aromatic heterocycles. The van der Waals surface area contributed by atoms with Gasteiger partial charge >= 0.3 is 6.05 Å². The lowest BCUT2D eigenvalue weighted by atomic mass is 9.95. The lowest BCUT2D eigenvalue weighted by Gasteiger charge is -2.29. The van der Waals surface area contributed by atoms with Crippen molar-refractivity contribution in [2.24, 2.45) is 11.6 Å². The van der Waals surface area contributed by atoms with Crippen molar-refractivity contribution in [3.8, 4) is 11.3 Å². The van der Waals surface area contributed by atoms with Gasteiger partial charge in [-0.2, -0.15) is 13.1 Å². The van der Waals surface area contributed by atoms with Crippen molar-refractivity contribution in [3.05, 3.63) is 83.3 Å². The lowest BCUT2D eigenvalue weighted by Crippen LogP contribution is -2.36. The summed E-state index contributed by atoms with van der Waals surface area (Å²) in [5, 5.41) is 11.5. The maximum atomic E-state index is 15.5. The van der Waals surface area contributed by atoms with Gasteiger partial charge in [0.15, 0.2) is 5.82 Å². The number of anilines is 1. The van der Waals surface area contributed by atoms with E-state index in [2.05, 4.69) is 9.97 Å². The molecule has 0 atom stereocenters. The Morgan fingerprint density at radius 1 is 1.14 bits per heavy atom. The second-order valence-corrected chi connectivity index (χ2v) is 9.71. The first-order valence-electron chi connectivity index (χ1n) is 10.8. The van der Waals surface area contributed by atoms with Crippen LogP contribution in [0.2, 0.25) is 0 Å². The van der Waals surface area contributed by atoms with Gasteiger partial charge in [0.25, 0.3) is 0 Å². The van der Waals surface area contributed by atoms with Gasteiger partial charge in [-0.3, -0.25) is 0 Å². The van der Waals surface area contributed by atoms with Gasteiger partial charge in [0.1, 0.15) is 23.0 Å². The van der Waals surface area contributed by atoms with Crippen LogP contribution in [0, 0.1) is 11.6 Å². The molecule has 198 valence electrons. The number of nitrogens with two attached hydrogens (primary N) is 3. The topological polar surface area (TPSA) is 131 Å². The van der Waals surface area contributed by atoms with Crippen molar-refractivity contribution in [1.29, 1.82) is 0 Å². The van der Waals surface area contributed by atoms with Crippen LogP contribution < -0.4 is 17.3 Å². The molecule has 0 amide bonds. The van der Waals surface area contributed by atoms with Gasteiger partial charge in [-0.05, 0) is 56.3 Å². The van der Waals surface area contributed by atoms with E-state index in [-0.39, 0.29) is 22.7 Å². The van der Waals surface area contributed by atoms with Crippen LogP contribution in [0.3, 0.4) is 0 Å². The number of aromatic nitrogens is 2. The van der Waals surface area contributed by atoms with Crippen LogP contribution in [-0.4, -0.2) is 37.3 Å². The molecule has 0 aliphatic heterocycles. The molecule has 0 saturated heterocycles. The summed E-state index contributed by atoms with van der Waals surface area (Å²) in [5.74, 6) is 4.50. The zero-order valence-electron chi connectivity index (χ0n) is 20.3. The summed E-state index contributed by atoms with van der Waals surface area (Å²) in [5.41, 5.74) is 8.93. The highest BCUT2D eigenvalue weighted by molar-refractivity contribution is 7.96. The molecule has 3 rings (SSSR count). The van der Waals surface area contributed by atoms with Crippen molar-refractivity contribution in [3.63, 3.8) is 0 Å². The van der Waals surface area contributed by atoms with E-state index in [1.54, 1.807) is 12.1 Å². The monoisotopic (exact) mass is 537 g/mol. The standard InChI is InChI=1S/C24H27F4N7OS/c1-23(2,36)17-10-19(33-22(21(17)26)14-4-7-16(25)8-5-14)24(27,28)34(3)37-13-35(31)12-18(29)15-6-9-20(30)32-11-15/h4-12,36H,13,29,31H2,1-3H3,(H2,30,32)/b18-12-. The summed E-state index contributed by atoms with van der Waals surface area (Å²) in [6, 6.07) is 4.83. The highest BCUT2D eigenvalue weighted by Gasteiger charge is 2.41. The predicted molar refractivity (Wildman–Crippen MR) is 136 cm³/mol. The number of rotatable bonds is 9. The van der Waals surface area contributed by atoms with Crippen LogP contribution in [0.15, 0.2) is 54.9 Å². The molecule has 0 spiro atoms. The number of hydrogen-bond acceptors (Lipinski definition) is 9. The van der Waals surface area contributed by atoms with Crippen molar-refractivity contribution in [1.82, 2.24) is 19.3 Å². The van der Waals surface area contributed by atoms with Gasteiger partial charge in [0.2, 0.25) is 0 Å². The summed E-state index contributed by atoms with van der Waals surface area (Å²) >= 11 is 0.650. The Morgan fingerprint density at radius 2 is 1.78 bits per heavy atom. The van der Waals surface area contributed by atoms with E-state index in [0.29, 0.717) is 27.6 Å². The molecule has 1 aromatic carbocycles. The molecule has 7 N–H and O–H groups in total. The molecule has 0 aliphatic rings. The normalized spacial score (nSPS) is 12.8. The Morgan fingerprint density at radius 3 is 2.35 bits per heavy atom. The van der Waals surface area contributed by atoms with E-state index in [9.17, 15) is 9.50 Å². The third-order valence-corrected chi connectivity index (χ3v) is 6.29. The van der Waals surface area contributed by atoms with Crippen LogP contribution in [0.5, 0.6) is 0 Å². The van der Waals surface area contributed by atoms with Gasteiger partial charge in [0, 0.05) is 36.1 Å². The highest BCUT2D eigenvalue weighted by atomic mass is 32.2. The molecule has 0 fully saturated rings. The zero-order valence-corrected chi connectivity index (χ0v) is 21.1. The Kier molecular flexibility index (Phi) is 8.32. The number of nitrogen functional groups attached to an aromatic ring is 1. The fourth-order valence-electron chi connectivity index (χ4n) is 3.19. The Labute approximate surface area is 215 Å². The third kappa shape index (κ3) is 6.68. The average Bonchev–Trinajstić information content (AvgIpc) is 2.82. The van der Waals surface area contributed by atoms with E-state index < -0.39 is 34.7 Å². The second kappa shape index (κ2) is 10.9. The largest absolute Gasteiger partial charge is 0.397 e. The van der Waals surface area contributed by atoms with E-state index in [1.165, 1.54) is 38.4 Å². The van der Waals surface area contributed by atoms with Crippen molar-refractivity contribution >= 4 is 23.5 Å². The molecular formula is C24H27F4N7OS. The summed E-state index contributed by atoms with van der Waals surface area (Å²) < 4.78 is 60.2. The molecule has 37 heavy (non-hydrogen) atoms. The second-order valence-electron chi connectivity index (χ2n) is 8.65. The van der Waals surface area contributed by atoms with E-state index in [4.69, 9.17) is 17.3 Å². The quantitative estimate of drug-likeness (QED) is 0.0800. The average molecular weight is 538 g/mol. The molecule has 0 saturated carbocycles. The molecule has 0 aliphatic carbocycles. The first kappa shape index (κ1) is 28.2. The predicted octanol–water partition coefficient (Wildman–Crippen LogP) is 3.95. The Balaban J connectivity index is 1.86. The SMILES string of the molecule is CN(SCN(N)/C=C(\N)c1ccc(N)nc1)C(F)(F)c1cc(C(C)(C)O)c(F)c(-c2ccc(F)cc2)n1. The van der Waals surface area contributed by atoms with Gasteiger partial charge in [0.05, 0.1) is 17.2 Å². The van der Waals surface area contributed by atoms with Crippen molar-refractivity contribution < 1.29 is 22.7 Å². The minimum absolute atomic E-state index is 0.0725. The lowest BCUT2D eigenvalue weighted by molar-refractivity contribution is -0.0968. The molecule has 0 radical (unpaired) electrons. The van der Waals surface area contributed by atoms with Crippen LogP contribution in [0.4, 0.5) is 23.4 Å². The minimum Gasteiger partial charge on any atom is -0.397 e. The number of aliphatic hydroxyl groups is 1. The maximum Gasteiger partial charge on any atom is 0.356 e. The number of nitrogens with zero attached hydrogens (tertiary/aromatic N) is 4. The number of hydrogen-bond donors (Lipinski definition) is 4. The fourth-order valence-corrected chi connectivity index (χ4v) is 3.83. The Hall–Kier alpha value is -3.39. The molecular weight excluding hydrogens is 510 g/mol. The van der Waals surface area contributed by atoms with Gasteiger partial charge < -0.3 is 21.6 Å². The van der Waals surface area contributed by atoms with Crippen LogP contribution in [0.25, 0.3) is 17.0 Å². The van der Waals surface area contributed by atoms with Gasteiger partial charge in [-0.25, -0.2) is 24.6 Å². The molecule has 3 aromatic rings. The molecule has 13 heteroatoms. The first-order chi connectivity index (χ1) is 17.2. The number of benzene rings is 1. The number of halogens is 4. The summed E-state index contributed by atoms with van der Waals surface area (Å²) in [4.78, 5) is 7.78. The van der Waals surface area contributed by atoms with E-state index in [1.807, 2.05) is 0 Å². The Bertz CT molecular complexity index is 1270. The maximum absolute atomic E-state index is 15.5. The van der Waals surface area contributed by atoms with E-state index >= 15 is 13.2 Å². The highest BCUT2D eigenvalue weighted by Crippen LogP contribution is 2.39. The molecule has 0 unspecified atom stereocenters. The number of alkyl halides is 2. The smallest absolute Gasteiger partial charge is 0.356 e. The fraction of sp³-hybridized carbons (Fsp3) is 0.250.